The molecule has 9 heteroatoms. The fraction of sp³-hybridized carbons (Fsp3) is 0.750. The lowest BCUT2D eigenvalue weighted by molar-refractivity contribution is -0.108. The SMILES string of the molecule is CC(CCC=O)CCCC(C)S(=O)(=O)Cc1cc(N2CCOC[C@@H]2C)nc(Cl)n1. The molecule has 164 valence electrons. The van der Waals surface area contributed by atoms with Crippen molar-refractivity contribution in [3.63, 3.8) is 0 Å². The molecule has 7 nitrogen and oxygen atoms in total. The minimum atomic E-state index is -3.35. The topological polar surface area (TPSA) is 89.5 Å². The molecule has 0 saturated carbocycles. The molecule has 3 atom stereocenters. The molecule has 2 unspecified atom stereocenters. The number of carbonyl (C=O) groups is 1. The van der Waals surface area contributed by atoms with Crippen LogP contribution in [0.3, 0.4) is 0 Å². The number of ether oxygens (including phenoxy) is 1. The molecule has 1 saturated heterocycles. The van der Waals surface area contributed by atoms with Crippen LogP contribution in [0.15, 0.2) is 6.07 Å². The van der Waals surface area contributed by atoms with Crippen LogP contribution in [0.5, 0.6) is 0 Å². The van der Waals surface area contributed by atoms with Gasteiger partial charge >= 0.3 is 0 Å². The number of aldehydes is 1. The van der Waals surface area contributed by atoms with Crippen LogP contribution < -0.4 is 4.90 Å². The van der Waals surface area contributed by atoms with Gasteiger partial charge in [0.25, 0.3) is 0 Å². The molecule has 2 heterocycles. The van der Waals surface area contributed by atoms with Crippen molar-refractivity contribution < 1.29 is 17.9 Å². The first-order chi connectivity index (χ1) is 13.7. The number of rotatable bonds is 11. The lowest BCUT2D eigenvalue weighted by atomic mass is 9.99. The highest BCUT2D eigenvalue weighted by Gasteiger charge is 2.25. The van der Waals surface area contributed by atoms with Gasteiger partial charge in [-0.2, -0.15) is 0 Å². The van der Waals surface area contributed by atoms with E-state index in [2.05, 4.69) is 21.8 Å². The van der Waals surface area contributed by atoms with Crippen molar-refractivity contribution in [2.45, 2.75) is 69.9 Å². The Labute approximate surface area is 179 Å². The smallest absolute Gasteiger partial charge is 0.224 e. The van der Waals surface area contributed by atoms with Crippen LogP contribution in [0.2, 0.25) is 5.28 Å². The summed E-state index contributed by atoms with van der Waals surface area (Å²) in [7, 11) is -3.35. The predicted octanol–water partition coefficient (Wildman–Crippen LogP) is 3.44. The molecule has 0 N–H and O–H groups in total. The highest BCUT2D eigenvalue weighted by molar-refractivity contribution is 7.91. The average molecular weight is 446 g/mol. The van der Waals surface area contributed by atoms with Crippen molar-refractivity contribution in [2.75, 3.05) is 24.7 Å². The maximum atomic E-state index is 12.8. The summed E-state index contributed by atoms with van der Waals surface area (Å²) < 4.78 is 31.1. The average Bonchev–Trinajstić information content (AvgIpc) is 2.65. The zero-order valence-electron chi connectivity index (χ0n) is 17.5. The number of aromatic nitrogens is 2. The van der Waals surface area contributed by atoms with E-state index >= 15 is 0 Å². The summed E-state index contributed by atoms with van der Waals surface area (Å²) in [5, 5.41) is -0.400. The standard InChI is InChI=1S/C20H32ClN3O4S/c1-15(7-5-10-25)6-4-8-17(3)29(26,27)14-18-12-19(23-20(21)22-18)24-9-11-28-13-16(24)2/h10,12,15-17H,4-9,11,13-14H2,1-3H3/t15?,16-,17?/m0/s1. The summed E-state index contributed by atoms with van der Waals surface area (Å²) in [5.74, 6) is 0.916. The van der Waals surface area contributed by atoms with Crippen LogP contribution in [0.1, 0.15) is 58.6 Å². The summed E-state index contributed by atoms with van der Waals surface area (Å²) in [5.41, 5.74) is 0.421. The number of nitrogens with zero attached hydrogens (tertiary/aromatic N) is 3. The largest absolute Gasteiger partial charge is 0.377 e. The van der Waals surface area contributed by atoms with Crippen LogP contribution in [0, 0.1) is 5.92 Å². The monoisotopic (exact) mass is 445 g/mol. The summed E-state index contributed by atoms with van der Waals surface area (Å²) in [6.45, 7) is 7.75. The molecule has 2 rings (SSSR count). The van der Waals surface area contributed by atoms with Gasteiger partial charge in [-0.15, -0.1) is 0 Å². The van der Waals surface area contributed by atoms with Crippen molar-refractivity contribution in [3.05, 3.63) is 17.0 Å². The van der Waals surface area contributed by atoms with Gasteiger partial charge in [-0.25, -0.2) is 18.4 Å². The normalized spacial score (nSPS) is 19.7. The van der Waals surface area contributed by atoms with Gasteiger partial charge in [-0.3, -0.25) is 0 Å². The number of carbonyl (C=O) groups excluding carboxylic acids is 1. The Morgan fingerprint density at radius 1 is 1.31 bits per heavy atom. The Morgan fingerprint density at radius 3 is 2.76 bits per heavy atom. The summed E-state index contributed by atoms with van der Waals surface area (Å²) in [6.07, 6.45) is 4.69. The third kappa shape index (κ3) is 7.50. The van der Waals surface area contributed by atoms with Gasteiger partial charge in [0.1, 0.15) is 12.1 Å². The summed E-state index contributed by atoms with van der Waals surface area (Å²) in [4.78, 5) is 21.0. The number of hydrogen-bond acceptors (Lipinski definition) is 7. The van der Waals surface area contributed by atoms with Crippen LogP contribution in [0.4, 0.5) is 5.82 Å². The lowest BCUT2D eigenvalue weighted by Gasteiger charge is -2.34. The van der Waals surface area contributed by atoms with E-state index in [1.54, 1.807) is 13.0 Å². The van der Waals surface area contributed by atoms with Gasteiger partial charge in [-0.1, -0.05) is 19.8 Å². The van der Waals surface area contributed by atoms with E-state index in [-0.39, 0.29) is 17.1 Å². The van der Waals surface area contributed by atoms with E-state index in [9.17, 15) is 13.2 Å². The quantitative estimate of drug-likeness (QED) is 0.380. The second-order valence-corrected chi connectivity index (χ2v) is 10.8. The third-order valence-corrected chi connectivity index (χ3v) is 7.78. The molecule has 0 amide bonds. The van der Waals surface area contributed by atoms with Crippen LogP contribution >= 0.6 is 11.6 Å². The zero-order valence-corrected chi connectivity index (χ0v) is 19.1. The molecule has 0 aromatic carbocycles. The Bertz CT molecular complexity index is 775. The van der Waals surface area contributed by atoms with Gasteiger partial charge in [0.05, 0.1) is 36.0 Å². The summed E-state index contributed by atoms with van der Waals surface area (Å²) in [6, 6.07) is 1.86. The maximum absolute atomic E-state index is 12.8. The van der Waals surface area contributed by atoms with Crippen molar-refractivity contribution in [1.82, 2.24) is 9.97 Å². The molecule has 1 fully saturated rings. The van der Waals surface area contributed by atoms with Crippen molar-refractivity contribution >= 4 is 33.5 Å². The van der Waals surface area contributed by atoms with Gasteiger partial charge in [0.15, 0.2) is 9.84 Å². The van der Waals surface area contributed by atoms with Crippen molar-refractivity contribution in [2.24, 2.45) is 5.92 Å². The molecule has 1 aromatic heterocycles. The number of halogens is 1. The Hall–Kier alpha value is -1.25. The predicted molar refractivity (Wildman–Crippen MR) is 115 cm³/mol. The minimum Gasteiger partial charge on any atom is -0.377 e. The number of hydrogen-bond donors (Lipinski definition) is 0. The fourth-order valence-corrected chi connectivity index (χ4v) is 5.08. The molecule has 0 spiro atoms. The Morgan fingerprint density at radius 2 is 2.07 bits per heavy atom. The van der Waals surface area contributed by atoms with E-state index in [1.807, 2.05) is 6.92 Å². The first kappa shape index (κ1) is 24.0. The molecule has 1 aromatic rings. The Kier molecular flexibility index (Phi) is 9.30. The lowest BCUT2D eigenvalue weighted by Crippen LogP contribution is -2.44. The van der Waals surface area contributed by atoms with Gasteiger partial charge in [0.2, 0.25) is 5.28 Å². The van der Waals surface area contributed by atoms with E-state index in [4.69, 9.17) is 16.3 Å². The minimum absolute atomic E-state index is 0.0584. The zero-order chi connectivity index (χ0) is 21.4. The summed E-state index contributed by atoms with van der Waals surface area (Å²) >= 11 is 6.09. The molecular weight excluding hydrogens is 414 g/mol. The molecular formula is C20H32ClN3O4S. The van der Waals surface area contributed by atoms with E-state index in [0.717, 1.165) is 25.5 Å². The number of morpholine rings is 1. The van der Waals surface area contributed by atoms with Crippen LogP contribution in [-0.2, 0) is 25.1 Å². The highest BCUT2D eigenvalue weighted by atomic mass is 35.5. The second-order valence-electron chi connectivity index (χ2n) is 8.00. The van der Waals surface area contributed by atoms with Crippen LogP contribution in [-0.4, -0.2) is 55.7 Å². The first-order valence-electron chi connectivity index (χ1n) is 10.3. The number of anilines is 1. The molecule has 0 radical (unpaired) electrons. The second kappa shape index (κ2) is 11.2. The maximum Gasteiger partial charge on any atom is 0.224 e. The number of sulfone groups is 1. The molecule has 0 aliphatic carbocycles. The van der Waals surface area contributed by atoms with Crippen molar-refractivity contribution in [3.8, 4) is 0 Å². The third-order valence-electron chi connectivity index (χ3n) is 5.45. The van der Waals surface area contributed by atoms with E-state index < -0.39 is 15.1 Å². The van der Waals surface area contributed by atoms with Gasteiger partial charge in [-0.05, 0) is 44.2 Å². The van der Waals surface area contributed by atoms with Gasteiger partial charge in [0, 0.05) is 19.0 Å². The first-order valence-corrected chi connectivity index (χ1v) is 12.3. The molecule has 29 heavy (non-hydrogen) atoms. The van der Waals surface area contributed by atoms with Crippen molar-refractivity contribution in [1.29, 1.82) is 0 Å². The highest BCUT2D eigenvalue weighted by Crippen LogP contribution is 2.23. The molecule has 0 bridgehead atoms. The molecule has 1 aliphatic heterocycles. The van der Waals surface area contributed by atoms with E-state index in [1.165, 1.54) is 0 Å². The molecule has 1 aliphatic rings. The van der Waals surface area contributed by atoms with E-state index in [0.29, 0.717) is 50.0 Å². The van der Waals surface area contributed by atoms with Gasteiger partial charge < -0.3 is 14.4 Å². The Balaban J connectivity index is 1.99. The fourth-order valence-electron chi connectivity index (χ4n) is 3.52. The van der Waals surface area contributed by atoms with Crippen LogP contribution in [0.25, 0.3) is 0 Å².